The molecule has 2 heterocycles. The van der Waals surface area contributed by atoms with Gasteiger partial charge in [0, 0.05) is 35.0 Å². The molecule has 0 spiro atoms. The van der Waals surface area contributed by atoms with Crippen LogP contribution >= 0.6 is 11.8 Å². The molecule has 6 nitrogen and oxygen atoms in total. The summed E-state index contributed by atoms with van der Waals surface area (Å²) in [5.41, 5.74) is 4.51. The standard InChI is InChI=1S/C28H23N5OS/c34-27(30-25-14-5-2-6-15-25)23-12-7-11-22(17-23)20-35-28-32-31-26(24-13-8-16-29-18-24)33(28)19-21-9-3-1-4-10-21/h1-18H,19-20H2,(H,30,34). The number of aromatic nitrogens is 4. The lowest BCUT2D eigenvalue weighted by Gasteiger charge is -2.11. The fourth-order valence-corrected chi connectivity index (χ4v) is 4.57. The first-order chi connectivity index (χ1) is 17.3. The fraction of sp³-hybridized carbons (Fsp3) is 0.0714. The van der Waals surface area contributed by atoms with E-state index in [0.29, 0.717) is 17.9 Å². The third kappa shape index (κ3) is 5.65. The molecule has 35 heavy (non-hydrogen) atoms. The number of hydrogen-bond donors (Lipinski definition) is 1. The number of nitrogens with one attached hydrogen (secondary N) is 1. The maximum atomic E-state index is 12.7. The molecule has 0 aliphatic rings. The average Bonchev–Trinajstić information content (AvgIpc) is 3.31. The third-order valence-corrected chi connectivity index (χ3v) is 6.45. The van der Waals surface area contributed by atoms with E-state index >= 15 is 0 Å². The van der Waals surface area contributed by atoms with Gasteiger partial charge in [0.25, 0.3) is 5.91 Å². The Morgan fingerprint density at radius 3 is 2.37 bits per heavy atom. The number of pyridine rings is 1. The summed E-state index contributed by atoms with van der Waals surface area (Å²) in [5.74, 6) is 1.31. The van der Waals surface area contributed by atoms with Crippen molar-refractivity contribution in [3.63, 3.8) is 0 Å². The summed E-state index contributed by atoms with van der Waals surface area (Å²) in [5, 5.41) is 12.7. The maximum absolute atomic E-state index is 12.7. The first-order valence-electron chi connectivity index (χ1n) is 11.2. The van der Waals surface area contributed by atoms with E-state index in [-0.39, 0.29) is 5.91 Å². The molecule has 0 saturated heterocycles. The largest absolute Gasteiger partial charge is 0.322 e. The van der Waals surface area contributed by atoms with Crippen LogP contribution in [0.25, 0.3) is 11.4 Å². The molecule has 0 fully saturated rings. The van der Waals surface area contributed by atoms with Crippen LogP contribution < -0.4 is 5.32 Å². The molecule has 5 rings (SSSR count). The summed E-state index contributed by atoms with van der Waals surface area (Å²) in [6.45, 7) is 0.653. The lowest BCUT2D eigenvalue weighted by Crippen LogP contribution is -2.11. The topological polar surface area (TPSA) is 72.7 Å². The van der Waals surface area contributed by atoms with Crippen molar-refractivity contribution in [3.05, 3.63) is 126 Å². The van der Waals surface area contributed by atoms with Crippen molar-refractivity contribution in [2.24, 2.45) is 0 Å². The highest BCUT2D eigenvalue weighted by Gasteiger charge is 2.16. The van der Waals surface area contributed by atoms with Crippen LogP contribution in [0.3, 0.4) is 0 Å². The summed E-state index contributed by atoms with van der Waals surface area (Å²) in [6, 6.07) is 31.3. The SMILES string of the molecule is O=C(Nc1ccccc1)c1cccc(CSc2nnc(-c3cccnc3)n2Cc2ccccc2)c1. The molecule has 0 saturated carbocycles. The minimum Gasteiger partial charge on any atom is -0.322 e. The van der Waals surface area contributed by atoms with Crippen molar-refractivity contribution in [2.45, 2.75) is 17.5 Å². The lowest BCUT2D eigenvalue weighted by molar-refractivity contribution is 0.102. The number of rotatable bonds is 8. The number of carbonyl (C=O) groups is 1. The zero-order chi connectivity index (χ0) is 23.9. The molecular formula is C28H23N5OS. The number of benzene rings is 3. The van der Waals surface area contributed by atoms with Crippen LogP contribution in [0.1, 0.15) is 21.5 Å². The van der Waals surface area contributed by atoms with Gasteiger partial charge >= 0.3 is 0 Å². The van der Waals surface area contributed by atoms with Crippen molar-refractivity contribution in [2.75, 3.05) is 5.32 Å². The quantitative estimate of drug-likeness (QED) is 0.280. The van der Waals surface area contributed by atoms with Gasteiger partial charge < -0.3 is 5.32 Å². The van der Waals surface area contributed by atoms with Crippen molar-refractivity contribution in [3.8, 4) is 11.4 Å². The van der Waals surface area contributed by atoms with Crippen LogP contribution in [0.15, 0.2) is 115 Å². The van der Waals surface area contributed by atoms with Gasteiger partial charge in [-0.3, -0.25) is 14.3 Å². The van der Waals surface area contributed by atoms with Gasteiger partial charge in [-0.2, -0.15) is 0 Å². The van der Waals surface area contributed by atoms with Crippen molar-refractivity contribution in [1.29, 1.82) is 0 Å². The Labute approximate surface area is 208 Å². The summed E-state index contributed by atoms with van der Waals surface area (Å²) >= 11 is 1.60. The molecule has 1 N–H and O–H groups in total. The minimum atomic E-state index is -0.130. The monoisotopic (exact) mass is 477 g/mol. The number of amides is 1. The van der Waals surface area contributed by atoms with E-state index in [9.17, 15) is 4.79 Å². The Morgan fingerprint density at radius 1 is 0.829 bits per heavy atom. The van der Waals surface area contributed by atoms with Gasteiger partial charge in [0.05, 0.1) is 6.54 Å². The van der Waals surface area contributed by atoms with E-state index < -0.39 is 0 Å². The zero-order valence-electron chi connectivity index (χ0n) is 18.9. The van der Waals surface area contributed by atoms with E-state index in [0.717, 1.165) is 27.8 Å². The Morgan fingerprint density at radius 2 is 1.60 bits per heavy atom. The molecule has 0 atom stereocenters. The van der Waals surface area contributed by atoms with Gasteiger partial charge in [-0.1, -0.05) is 72.4 Å². The van der Waals surface area contributed by atoms with E-state index in [1.165, 1.54) is 5.56 Å². The van der Waals surface area contributed by atoms with Gasteiger partial charge in [-0.05, 0) is 47.5 Å². The van der Waals surface area contributed by atoms with Crippen LogP contribution in [-0.2, 0) is 12.3 Å². The second kappa shape index (κ2) is 10.8. The average molecular weight is 478 g/mol. The van der Waals surface area contributed by atoms with Gasteiger partial charge in [0.15, 0.2) is 11.0 Å². The third-order valence-electron chi connectivity index (χ3n) is 5.41. The molecule has 0 unspecified atom stereocenters. The van der Waals surface area contributed by atoms with E-state index in [2.05, 4.69) is 37.2 Å². The van der Waals surface area contributed by atoms with Crippen molar-refractivity contribution >= 4 is 23.4 Å². The number of nitrogens with zero attached hydrogens (tertiary/aromatic N) is 4. The summed E-state index contributed by atoms with van der Waals surface area (Å²) in [7, 11) is 0. The van der Waals surface area contributed by atoms with Crippen molar-refractivity contribution < 1.29 is 4.79 Å². The summed E-state index contributed by atoms with van der Waals surface area (Å²) in [6.07, 6.45) is 3.55. The highest BCUT2D eigenvalue weighted by Crippen LogP contribution is 2.27. The molecule has 5 aromatic rings. The van der Waals surface area contributed by atoms with E-state index in [1.54, 1.807) is 24.2 Å². The number of para-hydroxylation sites is 1. The Bertz CT molecular complexity index is 1410. The number of thioether (sulfide) groups is 1. The van der Waals surface area contributed by atoms with Gasteiger partial charge in [0.1, 0.15) is 0 Å². The molecular weight excluding hydrogens is 454 g/mol. The molecule has 3 aromatic carbocycles. The normalized spacial score (nSPS) is 10.7. The highest BCUT2D eigenvalue weighted by atomic mass is 32.2. The first kappa shape index (κ1) is 22.6. The van der Waals surface area contributed by atoms with E-state index in [4.69, 9.17) is 0 Å². The molecule has 0 radical (unpaired) electrons. The second-order valence-electron chi connectivity index (χ2n) is 7.93. The Balaban J connectivity index is 1.35. The predicted molar refractivity (Wildman–Crippen MR) is 139 cm³/mol. The van der Waals surface area contributed by atoms with E-state index in [1.807, 2.05) is 84.9 Å². The van der Waals surface area contributed by atoms with Crippen LogP contribution in [0.2, 0.25) is 0 Å². The molecule has 0 bridgehead atoms. The number of carbonyl (C=O) groups excluding carboxylic acids is 1. The molecule has 0 aliphatic heterocycles. The highest BCUT2D eigenvalue weighted by molar-refractivity contribution is 7.98. The predicted octanol–water partition coefficient (Wildman–Crippen LogP) is 5.93. The van der Waals surface area contributed by atoms with Gasteiger partial charge in [-0.25, -0.2) is 0 Å². The van der Waals surface area contributed by atoms with Gasteiger partial charge in [-0.15, -0.1) is 10.2 Å². The molecule has 2 aromatic heterocycles. The molecule has 172 valence electrons. The van der Waals surface area contributed by atoms with Crippen LogP contribution in [0.4, 0.5) is 5.69 Å². The molecule has 7 heteroatoms. The molecule has 1 amide bonds. The number of hydrogen-bond acceptors (Lipinski definition) is 5. The van der Waals surface area contributed by atoms with Crippen LogP contribution in [0, 0.1) is 0 Å². The van der Waals surface area contributed by atoms with Crippen LogP contribution in [-0.4, -0.2) is 25.7 Å². The van der Waals surface area contributed by atoms with Gasteiger partial charge in [0.2, 0.25) is 0 Å². The summed E-state index contributed by atoms with van der Waals surface area (Å²) in [4.78, 5) is 17.0. The molecule has 0 aliphatic carbocycles. The van der Waals surface area contributed by atoms with Crippen LogP contribution in [0.5, 0.6) is 0 Å². The zero-order valence-corrected chi connectivity index (χ0v) is 19.7. The maximum Gasteiger partial charge on any atom is 0.255 e. The lowest BCUT2D eigenvalue weighted by atomic mass is 10.1. The summed E-state index contributed by atoms with van der Waals surface area (Å²) < 4.78 is 2.11. The first-order valence-corrected chi connectivity index (χ1v) is 12.2. The Kier molecular flexibility index (Phi) is 6.96. The number of anilines is 1. The minimum absolute atomic E-state index is 0.130. The fourth-order valence-electron chi connectivity index (χ4n) is 3.69. The second-order valence-corrected chi connectivity index (χ2v) is 8.87. The van der Waals surface area contributed by atoms with Crippen molar-refractivity contribution in [1.82, 2.24) is 19.7 Å². The smallest absolute Gasteiger partial charge is 0.255 e. The Hall–Kier alpha value is -4.23.